The molecule has 0 aliphatic heterocycles. The lowest BCUT2D eigenvalue weighted by Crippen LogP contribution is -2.40. The monoisotopic (exact) mass is 379 g/mol. The first-order chi connectivity index (χ1) is 11.9. The van der Waals surface area contributed by atoms with E-state index >= 15 is 0 Å². The van der Waals surface area contributed by atoms with Crippen LogP contribution in [-0.2, 0) is 16.1 Å². The fourth-order valence-corrected chi connectivity index (χ4v) is 3.36. The van der Waals surface area contributed by atoms with Gasteiger partial charge in [-0.25, -0.2) is 13.2 Å². The Labute approximate surface area is 144 Å². The van der Waals surface area contributed by atoms with Crippen molar-refractivity contribution in [2.75, 3.05) is 0 Å². The summed E-state index contributed by atoms with van der Waals surface area (Å²) in [5.74, 6) is -8.25. The average molecular weight is 379 g/mol. The van der Waals surface area contributed by atoms with Gasteiger partial charge in [-0.2, -0.15) is 13.2 Å². The molecule has 0 aromatic heterocycles. The molecule has 3 nitrogen and oxygen atoms in total. The Morgan fingerprint density at radius 3 is 2.12 bits per heavy atom. The Balaban J connectivity index is 2.80. The van der Waals surface area contributed by atoms with E-state index in [4.69, 9.17) is 5.73 Å². The minimum atomic E-state index is -4.88. The maximum absolute atomic E-state index is 14.4. The third kappa shape index (κ3) is 2.94. The van der Waals surface area contributed by atoms with Crippen LogP contribution in [0.5, 0.6) is 0 Å². The molecule has 2 N–H and O–H groups in total. The smallest absolute Gasteiger partial charge is 0.326 e. The van der Waals surface area contributed by atoms with Crippen molar-refractivity contribution < 1.29 is 35.9 Å². The minimum Gasteiger partial charge on any atom is -0.326 e. The summed E-state index contributed by atoms with van der Waals surface area (Å²) in [6.45, 7) is 1.11. The molecule has 0 amide bonds. The molecule has 2 rings (SSSR count). The summed E-state index contributed by atoms with van der Waals surface area (Å²) < 4.78 is 82.0. The maximum atomic E-state index is 14.4. The van der Waals surface area contributed by atoms with Gasteiger partial charge in [-0.1, -0.05) is 6.08 Å². The van der Waals surface area contributed by atoms with E-state index in [9.17, 15) is 35.9 Å². The number of hydrogen-bond acceptors (Lipinski definition) is 3. The van der Waals surface area contributed by atoms with E-state index in [-0.39, 0.29) is 0 Å². The van der Waals surface area contributed by atoms with Gasteiger partial charge in [-0.3, -0.25) is 9.59 Å². The normalized spacial score (nSPS) is 19.4. The molecule has 9 heteroatoms. The quantitative estimate of drug-likeness (QED) is 0.376. The van der Waals surface area contributed by atoms with Gasteiger partial charge in [0.1, 0.15) is 22.8 Å². The van der Waals surface area contributed by atoms with E-state index in [1.807, 2.05) is 0 Å². The van der Waals surface area contributed by atoms with E-state index in [1.165, 1.54) is 0 Å². The number of ketones is 2. The van der Waals surface area contributed by atoms with Crippen LogP contribution in [0.4, 0.5) is 26.3 Å². The number of nitrogens with two attached hydrogens (primary N) is 1. The molecule has 1 atom stereocenters. The standard InChI is InChI=1S/C17H15F6NO2/c1-7(25)16(8(2)26)5-9(17(21,22)23)3-12(16)10-4-13(18)11(6-24)15(20)14(10)19/h3-4,12H,5-6,24H2,1-2H3. The number of carbonyl (C=O) groups is 2. The topological polar surface area (TPSA) is 60.2 Å². The van der Waals surface area contributed by atoms with E-state index < -0.39 is 76.2 Å². The van der Waals surface area contributed by atoms with Crippen LogP contribution < -0.4 is 5.73 Å². The van der Waals surface area contributed by atoms with Crippen molar-refractivity contribution in [3.63, 3.8) is 0 Å². The second-order valence-electron chi connectivity index (χ2n) is 6.19. The highest BCUT2D eigenvalue weighted by Crippen LogP contribution is 2.54. The first-order valence-corrected chi connectivity index (χ1v) is 7.54. The summed E-state index contributed by atoms with van der Waals surface area (Å²) in [6, 6.07) is 0.488. The number of rotatable bonds is 4. The first-order valence-electron chi connectivity index (χ1n) is 7.54. The molecule has 0 fully saturated rings. The number of halogens is 6. The lowest BCUT2D eigenvalue weighted by atomic mass is 9.68. The maximum Gasteiger partial charge on any atom is 0.412 e. The van der Waals surface area contributed by atoms with Gasteiger partial charge < -0.3 is 5.73 Å². The number of benzene rings is 1. The van der Waals surface area contributed by atoms with Crippen LogP contribution in [0.1, 0.15) is 37.3 Å². The van der Waals surface area contributed by atoms with Crippen molar-refractivity contribution in [2.24, 2.45) is 11.1 Å². The van der Waals surface area contributed by atoms with Crippen molar-refractivity contribution in [2.45, 2.75) is 38.9 Å². The summed E-state index contributed by atoms with van der Waals surface area (Å²) in [5.41, 5.74) is 0.0195. The molecule has 1 unspecified atom stereocenters. The van der Waals surface area contributed by atoms with E-state index in [1.54, 1.807) is 0 Å². The molecule has 142 valence electrons. The van der Waals surface area contributed by atoms with E-state index in [2.05, 4.69) is 0 Å². The Bertz CT molecular complexity index is 798. The molecule has 0 bridgehead atoms. The fourth-order valence-electron chi connectivity index (χ4n) is 3.36. The molecule has 0 spiro atoms. The van der Waals surface area contributed by atoms with Crippen molar-refractivity contribution in [1.29, 1.82) is 0 Å². The Kier molecular flexibility index (Phi) is 5.06. The summed E-state index contributed by atoms with van der Waals surface area (Å²) in [6.07, 6.45) is -5.41. The predicted molar refractivity (Wildman–Crippen MR) is 79.5 cm³/mol. The second-order valence-corrected chi connectivity index (χ2v) is 6.19. The zero-order valence-corrected chi connectivity index (χ0v) is 13.8. The summed E-state index contributed by atoms with van der Waals surface area (Å²) >= 11 is 0. The largest absolute Gasteiger partial charge is 0.412 e. The number of Topliss-reactive ketones (excluding diaryl/α,β-unsaturated/α-hetero) is 2. The van der Waals surface area contributed by atoms with Crippen LogP contribution in [0.15, 0.2) is 17.7 Å². The van der Waals surface area contributed by atoms with E-state index in [0.717, 1.165) is 13.8 Å². The van der Waals surface area contributed by atoms with Crippen LogP contribution in [0, 0.1) is 22.9 Å². The van der Waals surface area contributed by atoms with Gasteiger partial charge in [0.05, 0.1) is 0 Å². The highest BCUT2D eigenvalue weighted by molar-refractivity contribution is 6.07. The number of hydrogen-bond donors (Lipinski definition) is 1. The molecule has 0 heterocycles. The van der Waals surface area contributed by atoms with Gasteiger partial charge in [0, 0.05) is 29.2 Å². The van der Waals surface area contributed by atoms with Crippen molar-refractivity contribution in [3.05, 3.63) is 46.3 Å². The molecule has 26 heavy (non-hydrogen) atoms. The Morgan fingerprint density at radius 1 is 1.15 bits per heavy atom. The molecule has 0 saturated heterocycles. The Morgan fingerprint density at radius 2 is 1.69 bits per heavy atom. The van der Waals surface area contributed by atoms with Crippen LogP contribution in [-0.4, -0.2) is 17.7 Å². The molecule has 0 radical (unpaired) electrons. The van der Waals surface area contributed by atoms with E-state index in [0.29, 0.717) is 12.1 Å². The van der Waals surface area contributed by atoms with Crippen molar-refractivity contribution >= 4 is 11.6 Å². The van der Waals surface area contributed by atoms with Gasteiger partial charge in [0.25, 0.3) is 0 Å². The van der Waals surface area contributed by atoms with Gasteiger partial charge in [-0.05, 0) is 26.3 Å². The molecule has 1 aromatic rings. The van der Waals surface area contributed by atoms with Crippen LogP contribution in [0.3, 0.4) is 0 Å². The summed E-state index contributed by atoms with van der Waals surface area (Å²) in [4.78, 5) is 24.2. The van der Waals surface area contributed by atoms with Crippen LogP contribution in [0.2, 0.25) is 0 Å². The highest BCUT2D eigenvalue weighted by atomic mass is 19.4. The van der Waals surface area contributed by atoms with Gasteiger partial charge in [0.15, 0.2) is 11.6 Å². The van der Waals surface area contributed by atoms with Gasteiger partial charge >= 0.3 is 6.18 Å². The number of alkyl halides is 3. The molecule has 1 aliphatic carbocycles. The van der Waals surface area contributed by atoms with Crippen molar-refractivity contribution in [1.82, 2.24) is 0 Å². The number of allylic oxidation sites excluding steroid dienone is 2. The number of carbonyl (C=O) groups excluding carboxylic acids is 2. The minimum absolute atomic E-state index is 0.488. The van der Waals surface area contributed by atoms with Crippen LogP contribution in [0.25, 0.3) is 0 Å². The summed E-state index contributed by atoms with van der Waals surface area (Å²) in [7, 11) is 0. The van der Waals surface area contributed by atoms with Crippen LogP contribution >= 0.6 is 0 Å². The molecular weight excluding hydrogens is 364 g/mol. The lowest BCUT2D eigenvalue weighted by Gasteiger charge is -2.31. The predicted octanol–water partition coefficient (Wildman–Crippen LogP) is 3.70. The highest BCUT2D eigenvalue weighted by Gasteiger charge is 2.56. The zero-order chi connectivity index (χ0) is 20.0. The third-order valence-electron chi connectivity index (χ3n) is 4.81. The average Bonchev–Trinajstić information content (AvgIpc) is 2.93. The second kappa shape index (κ2) is 6.53. The zero-order valence-electron chi connectivity index (χ0n) is 13.8. The lowest BCUT2D eigenvalue weighted by molar-refractivity contribution is -0.139. The van der Waals surface area contributed by atoms with Crippen molar-refractivity contribution in [3.8, 4) is 0 Å². The third-order valence-corrected chi connectivity index (χ3v) is 4.81. The molecule has 1 aliphatic rings. The Hall–Kier alpha value is -2.16. The molecule has 1 aromatic carbocycles. The summed E-state index contributed by atoms with van der Waals surface area (Å²) in [5, 5.41) is 0. The SMILES string of the molecule is CC(=O)C1(C(C)=O)CC(C(F)(F)F)=CC1c1cc(F)c(CN)c(F)c1F. The van der Waals surface area contributed by atoms with Gasteiger partial charge in [0.2, 0.25) is 0 Å². The fraction of sp³-hybridized carbons (Fsp3) is 0.412. The van der Waals surface area contributed by atoms with Gasteiger partial charge in [-0.15, -0.1) is 0 Å². The molecule has 0 saturated carbocycles. The molecular formula is C17H15F6NO2. The first kappa shape index (κ1) is 20.2.